The largest absolute Gasteiger partial charge is 0.439 e. The number of hydrogen-bond donors (Lipinski definition) is 1. The smallest absolute Gasteiger partial charge is 0.209 e. The molecule has 0 atom stereocenters. The van der Waals surface area contributed by atoms with Gasteiger partial charge < -0.3 is 10.2 Å². The molecule has 3 heteroatoms. The highest BCUT2D eigenvalue weighted by Gasteiger charge is 2.22. The van der Waals surface area contributed by atoms with E-state index in [1.807, 2.05) is 65.5 Å². The molecule has 0 bridgehead atoms. The van der Waals surface area contributed by atoms with Crippen LogP contribution < -0.4 is 5.73 Å². The van der Waals surface area contributed by atoms with Crippen LogP contribution in [0.5, 0.6) is 0 Å². The Bertz CT molecular complexity index is 923. The highest BCUT2D eigenvalue weighted by molar-refractivity contribution is 5.84. The van der Waals surface area contributed by atoms with Crippen LogP contribution in [-0.4, -0.2) is 4.57 Å². The van der Waals surface area contributed by atoms with Gasteiger partial charge in [-0.05, 0) is 17.7 Å². The van der Waals surface area contributed by atoms with Crippen molar-refractivity contribution in [2.75, 3.05) is 0 Å². The van der Waals surface area contributed by atoms with Gasteiger partial charge >= 0.3 is 0 Å². The first-order valence-corrected chi connectivity index (χ1v) is 7.98. The minimum absolute atomic E-state index is 0.411. The Hall–Kier alpha value is -3.04. The van der Waals surface area contributed by atoms with Gasteiger partial charge in [0.2, 0.25) is 5.88 Å². The lowest BCUT2D eigenvalue weighted by Gasteiger charge is -2.05. The molecule has 3 nitrogen and oxygen atoms in total. The zero-order valence-electron chi connectivity index (χ0n) is 13.2. The summed E-state index contributed by atoms with van der Waals surface area (Å²) in [6, 6.07) is 24.4. The lowest BCUT2D eigenvalue weighted by Crippen LogP contribution is -2.02. The molecule has 0 saturated carbocycles. The predicted molar refractivity (Wildman–Crippen MR) is 96.8 cm³/mol. The third-order valence-corrected chi connectivity index (χ3v) is 4.13. The van der Waals surface area contributed by atoms with Crippen molar-refractivity contribution in [3.8, 4) is 28.3 Å². The summed E-state index contributed by atoms with van der Waals surface area (Å²) in [7, 11) is 0. The zero-order chi connectivity index (χ0) is 16.4. The number of benzene rings is 2. The number of aromatic nitrogens is 1. The normalized spacial score (nSPS) is 10.9. The maximum Gasteiger partial charge on any atom is 0.209 e. The van der Waals surface area contributed by atoms with Crippen molar-refractivity contribution >= 4 is 0 Å². The number of rotatable bonds is 4. The van der Waals surface area contributed by atoms with Crippen molar-refractivity contribution < 1.29 is 4.42 Å². The van der Waals surface area contributed by atoms with Crippen LogP contribution >= 0.6 is 0 Å². The van der Waals surface area contributed by atoms with E-state index in [1.54, 1.807) is 0 Å². The molecule has 2 aromatic heterocycles. The van der Waals surface area contributed by atoms with Crippen molar-refractivity contribution in [1.82, 2.24) is 4.57 Å². The first-order valence-electron chi connectivity index (χ1n) is 7.98. The number of nitrogens with zero attached hydrogens (tertiary/aromatic N) is 1. The molecule has 0 saturated heterocycles. The summed E-state index contributed by atoms with van der Waals surface area (Å²) in [5.41, 5.74) is 10.3. The first kappa shape index (κ1) is 14.5. The van der Waals surface area contributed by atoms with E-state index >= 15 is 0 Å². The van der Waals surface area contributed by atoms with Crippen LogP contribution in [0.2, 0.25) is 0 Å². The van der Waals surface area contributed by atoms with Crippen molar-refractivity contribution in [3.05, 3.63) is 90.8 Å². The third-order valence-electron chi connectivity index (χ3n) is 4.13. The van der Waals surface area contributed by atoms with Gasteiger partial charge in [-0.1, -0.05) is 60.7 Å². The van der Waals surface area contributed by atoms with Crippen LogP contribution in [0, 0.1) is 0 Å². The summed E-state index contributed by atoms with van der Waals surface area (Å²) in [4.78, 5) is 0. The Morgan fingerprint density at radius 3 is 1.92 bits per heavy atom. The summed E-state index contributed by atoms with van der Waals surface area (Å²) in [6.45, 7) is 0.411. The van der Waals surface area contributed by atoms with E-state index in [0.29, 0.717) is 6.54 Å². The van der Waals surface area contributed by atoms with Crippen LogP contribution in [0.25, 0.3) is 28.3 Å². The average molecular weight is 314 g/mol. The van der Waals surface area contributed by atoms with Crippen LogP contribution in [0.4, 0.5) is 0 Å². The second kappa shape index (κ2) is 6.22. The summed E-state index contributed by atoms with van der Waals surface area (Å²) in [5.74, 6) is 1.63. The third kappa shape index (κ3) is 2.45. The fourth-order valence-corrected chi connectivity index (χ4v) is 3.02. The fraction of sp³-hybridized carbons (Fsp3) is 0.0476. The molecule has 4 rings (SSSR count). The molecule has 0 aliphatic carbocycles. The summed E-state index contributed by atoms with van der Waals surface area (Å²) >= 11 is 0. The van der Waals surface area contributed by atoms with Gasteiger partial charge in [0.15, 0.2) is 0 Å². The highest BCUT2D eigenvalue weighted by Crippen LogP contribution is 2.40. The molecule has 118 valence electrons. The molecule has 2 heterocycles. The summed E-state index contributed by atoms with van der Waals surface area (Å²) in [6.07, 6.45) is 3.95. The molecule has 0 aliphatic heterocycles. The van der Waals surface area contributed by atoms with E-state index < -0.39 is 0 Å². The Kier molecular flexibility index (Phi) is 3.77. The van der Waals surface area contributed by atoms with E-state index in [2.05, 4.69) is 24.3 Å². The van der Waals surface area contributed by atoms with Crippen molar-refractivity contribution in [1.29, 1.82) is 0 Å². The monoisotopic (exact) mass is 314 g/mol. The molecule has 0 spiro atoms. The van der Waals surface area contributed by atoms with Crippen LogP contribution in [-0.2, 0) is 6.54 Å². The molecular formula is C21H18N2O. The van der Waals surface area contributed by atoms with Gasteiger partial charge in [-0.25, -0.2) is 0 Å². The second-order valence-corrected chi connectivity index (χ2v) is 5.62. The Morgan fingerprint density at radius 2 is 1.33 bits per heavy atom. The molecular weight excluding hydrogens is 296 g/mol. The number of nitrogens with two attached hydrogens (primary N) is 1. The summed E-state index contributed by atoms with van der Waals surface area (Å²) < 4.78 is 8.28. The zero-order valence-corrected chi connectivity index (χ0v) is 13.2. The minimum atomic E-state index is 0.411. The van der Waals surface area contributed by atoms with Gasteiger partial charge in [-0.2, -0.15) is 0 Å². The van der Waals surface area contributed by atoms with Crippen LogP contribution in [0.3, 0.4) is 0 Å². The summed E-state index contributed by atoms with van der Waals surface area (Å²) in [5, 5.41) is 0. The topological polar surface area (TPSA) is 44.1 Å². The van der Waals surface area contributed by atoms with E-state index in [-0.39, 0.29) is 0 Å². The molecule has 0 aliphatic rings. The Morgan fingerprint density at radius 1 is 0.750 bits per heavy atom. The van der Waals surface area contributed by atoms with Crippen molar-refractivity contribution in [2.24, 2.45) is 5.73 Å². The SMILES string of the molecule is NCc1c(-n2cccc2)oc(-c2ccccc2)c1-c1ccccc1. The molecule has 0 fully saturated rings. The molecule has 0 unspecified atom stereocenters. The Labute approximate surface area is 141 Å². The first-order chi connectivity index (χ1) is 11.9. The molecule has 4 aromatic rings. The van der Waals surface area contributed by atoms with Crippen molar-refractivity contribution in [3.63, 3.8) is 0 Å². The fourth-order valence-electron chi connectivity index (χ4n) is 3.02. The van der Waals surface area contributed by atoms with Gasteiger partial charge in [-0.3, -0.25) is 4.57 Å². The number of hydrogen-bond acceptors (Lipinski definition) is 2. The van der Waals surface area contributed by atoms with Gasteiger partial charge in [0, 0.05) is 35.6 Å². The molecule has 2 N–H and O–H groups in total. The van der Waals surface area contributed by atoms with Gasteiger partial charge in [-0.15, -0.1) is 0 Å². The molecule has 2 aromatic carbocycles. The minimum Gasteiger partial charge on any atom is -0.439 e. The Balaban J connectivity index is 2.02. The number of furan rings is 1. The average Bonchev–Trinajstić information content (AvgIpc) is 3.30. The van der Waals surface area contributed by atoms with E-state index in [1.165, 1.54) is 0 Å². The standard InChI is InChI=1S/C21H18N2O/c22-15-18-19(16-9-3-1-4-10-16)20(17-11-5-2-6-12-17)24-21(18)23-13-7-8-14-23/h1-14H,15,22H2. The van der Waals surface area contributed by atoms with Gasteiger partial charge in [0.25, 0.3) is 0 Å². The van der Waals surface area contributed by atoms with Gasteiger partial charge in [0.05, 0.1) is 0 Å². The predicted octanol–water partition coefficient (Wildman–Crippen LogP) is 4.86. The maximum atomic E-state index is 6.30. The van der Waals surface area contributed by atoms with E-state index in [0.717, 1.165) is 33.9 Å². The van der Waals surface area contributed by atoms with Crippen LogP contribution in [0.1, 0.15) is 5.56 Å². The van der Waals surface area contributed by atoms with E-state index in [4.69, 9.17) is 10.2 Å². The molecule has 0 amide bonds. The van der Waals surface area contributed by atoms with Crippen LogP contribution in [0.15, 0.2) is 89.6 Å². The molecule has 24 heavy (non-hydrogen) atoms. The van der Waals surface area contributed by atoms with E-state index in [9.17, 15) is 0 Å². The lowest BCUT2D eigenvalue weighted by molar-refractivity contribution is 0.548. The highest BCUT2D eigenvalue weighted by atomic mass is 16.4. The quantitative estimate of drug-likeness (QED) is 0.584. The molecule has 0 radical (unpaired) electrons. The lowest BCUT2D eigenvalue weighted by atomic mass is 9.98. The van der Waals surface area contributed by atoms with Crippen molar-refractivity contribution in [2.45, 2.75) is 6.54 Å². The van der Waals surface area contributed by atoms with Gasteiger partial charge in [0.1, 0.15) is 5.76 Å². The maximum absolute atomic E-state index is 6.30. The second-order valence-electron chi connectivity index (χ2n) is 5.62.